The third kappa shape index (κ3) is 2.30. The van der Waals surface area contributed by atoms with E-state index < -0.39 is 4.92 Å². The third-order valence-electron chi connectivity index (χ3n) is 3.65. The van der Waals surface area contributed by atoms with Gasteiger partial charge in [-0.25, -0.2) is 0 Å². The maximum atomic E-state index is 10.7. The lowest BCUT2D eigenvalue weighted by Gasteiger charge is -2.14. The summed E-state index contributed by atoms with van der Waals surface area (Å²) in [6.45, 7) is 0. The number of rotatable bonds is 3. The van der Waals surface area contributed by atoms with Gasteiger partial charge in [0.1, 0.15) is 5.69 Å². The maximum Gasteiger partial charge on any atom is 0.292 e. The van der Waals surface area contributed by atoms with Crippen molar-refractivity contribution in [1.82, 2.24) is 0 Å². The Morgan fingerprint density at radius 2 is 1.80 bits per heavy atom. The number of nitrogens with two attached hydrogens (primary N) is 1. The Kier molecular flexibility index (Phi) is 3.02. The van der Waals surface area contributed by atoms with Gasteiger partial charge in [0, 0.05) is 17.8 Å². The van der Waals surface area contributed by atoms with E-state index in [1.165, 1.54) is 17.2 Å². The first kappa shape index (κ1) is 12.5. The first-order valence-corrected chi connectivity index (χ1v) is 6.51. The number of fused-ring (bicyclic) bond motifs is 1. The molecular formula is C15H15N3O2. The standard InChI is InChI=1S/C15H15N3O2/c16-14-9-12(5-6-15(14)18(19)20)17-13-7-10-3-1-2-4-11(10)8-13/h1-6,9,13,17H,7-8,16H2. The van der Waals surface area contributed by atoms with Gasteiger partial charge >= 0.3 is 0 Å². The average molecular weight is 269 g/mol. The van der Waals surface area contributed by atoms with Crippen LogP contribution in [-0.2, 0) is 12.8 Å². The number of nitrogens with zero attached hydrogens (tertiary/aromatic N) is 1. The number of hydrogen-bond donors (Lipinski definition) is 2. The van der Waals surface area contributed by atoms with Crippen LogP contribution in [0.25, 0.3) is 0 Å². The normalized spacial score (nSPS) is 14.0. The molecule has 0 aliphatic heterocycles. The molecule has 3 rings (SSSR count). The van der Waals surface area contributed by atoms with E-state index in [4.69, 9.17) is 5.73 Å². The predicted octanol–water partition coefficient (Wildman–Crippen LogP) is 2.76. The van der Waals surface area contributed by atoms with Gasteiger partial charge in [0.2, 0.25) is 0 Å². The number of nitrogen functional groups attached to an aromatic ring is 1. The zero-order chi connectivity index (χ0) is 14.1. The van der Waals surface area contributed by atoms with Crippen molar-refractivity contribution in [2.24, 2.45) is 0 Å². The molecule has 2 aromatic rings. The molecule has 1 aliphatic rings. The molecule has 5 heteroatoms. The molecule has 5 nitrogen and oxygen atoms in total. The summed E-state index contributed by atoms with van der Waals surface area (Å²) in [6.07, 6.45) is 1.93. The molecule has 1 aliphatic carbocycles. The Morgan fingerprint density at radius 1 is 1.15 bits per heavy atom. The summed E-state index contributed by atoms with van der Waals surface area (Å²) in [5, 5.41) is 14.1. The van der Waals surface area contributed by atoms with Gasteiger partial charge in [0.25, 0.3) is 5.69 Å². The van der Waals surface area contributed by atoms with Crippen molar-refractivity contribution in [2.75, 3.05) is 11.1 Å². The summed E-state index contributed by atoms with van der Waals surface area (Å²) in [4.78, 5) is 10.3. The van der Waals surface area contributed by atoms with E-state index in [0.29, 0.717) is 6.04 Å². The summed E-state index contributed by atoms with van der Waals surface area (Å²) in [6, 6.07) is 13.5. The minimum absolute atomic E-state index is 0.0507. The Morgan fingerprint density at radius 3 is 2.35 bits per heavy atom. The summed E-state index contributed by atoms with van der Waals surface area (Å²) in [5.41, 5.74) is 9.39. The second-order valence-electron chi connectivity index (χ2n) is 5.05. The first-order valence-electron chi connectivity index (χ1n) is 6.51. The van der Waals surface area contributed by atoms with E-state index in [9.17, 15) is 10.1 Å². The monoisotopic (exact) mass is 269 g/mol. The van der Waals surface area contributed by atoms with Crippen LogP contribution >= 0.6 is 0 Å². The Hall–Kier alpha value is -2.56. The molecule has 0 aromatic heterocycles. The van der Waals surface area contributed by atoms with Crippen LogP contribution in [0.15, 0.2) is 42.5 Å². The van der Waals surface area contributed by atoms with Crippen LogP contribution in [0.5, 0.6) is 0 Å². The van der Waals surface area contributed by atoms with Crippen molar-refractivity contribution in [2.45, 2.75) is 18.9 Å². The highest BCUT2D eigenvalue weighted by molar-refractivity contribution is 5.66. The molecule has 0 spiro atoms. The van der Waals surface area contributed by atoms with Gasteiger partial charge in [-0.1, -0.05) is 24.3 Å². The second kappa shape index (κ2) is 4.85. The van der Waals surface area contributed by atoms with Crippen molar-refractivity contribution < 1.29 is 4.92 Å². The van der Waals surface area contributed by atoms with Gasteiger partial charge in [-0.3, -0.25) is 10.1 Å². The zero-order valence-electron chi connectivity index (χ0n) is 10.9. The molecule has 0 fully saturated rings. The minimum atomic E-state index is -0.468. The van der Waals surface area contributed by atoms with E-state index in [-0.39, 0.29) is 11.4 Å². The number of nitrogens with one attached hydrogen (secondary N) is 1. The van der Waals surface area contributed by atoms with Crippen LogP contribution in [0.2, 0.25) is 0 Å². The molecule has 0 amide bonds. The lowest BCUT2D eigenvalue weighted by molar-refractivity contribution is -0.383. The fourth-order valence-corrected chi connectivity index (χ4v) is 2.71. The van der Waals surface area contributed by atoms with Gasteiger partial charge in [-0.15, -0.1) is 0 Å². The number of anilines is 2. The number of nitro groups is 1. The molecule has 0 saturated carbocycles. The zero-order valence-corrected chi connectivity index (χ0v) is 10.9. The highest BCUT2D eigenvalue weighted by atomic mass is 16.6. The van der Waals surface area contributed by atoms with Crippen molar-refractivity contribution >= 4 is 17.1 Å². The molecular weight excluding hydrogens is 254 g/mol. The second-order valence-corrected chi connectivity index (χ2v) is 5.05. The topological polar surface area (TPSA) is 81.2 Å². The van der Waals surface area contributed by atoms with E-state index in [0.717, 1.165) is 18.5 Å². The van der Waals surface area contributed by atoms with Crippen molar-refractivity contribution in [3.63, 3.8) is 0 Å². The molecule has 0 atom stereocenters. The number of benzene rings is 2. The van der Waals surface area contributed by atoms with Crippen molar-refractivity contribution in [1.29, 1.82) is 0 Å². The maximum absolute atomic E-state index is 10.7. The van der Waals surface area contributed by atoms with E-state index in [2.05, 4.69) is 17.4 Å². The molecule has 0 heterocycles. The summed E-state index contributed by atoms with van der Waals surface area (Å²) < 4.78 is 0. The smallest absolute Gasteiger partial charge is 0.292 e. The largest absolute Gasteiger partial charge is 0.393 e. The van der Waals surface area contributed by atoms with Crippen LogP contribution in [0.1, 0.15) is 11.1 Å². The quantitative estimate of drug-likeness (QED) is 0.510. The highest BCUT2D eigenvalue weighted by Gasteiger charge is 2.21. The van der Waals surface area contributed by atoms with Gasteiger partial charge in [-0.05, 0) is 36.1 Å². The Bertz CT molecular complexity index is 645. The lowest BCUT2D eigenvalue weighted by Crippen LogP contribution is -2.19. The molecule has 0 unspecified atom stereocenters. The van der Waals surface area contributed by atoms with Gasteiger partial charge < -0.3 is 11.1 Å². The van der Waals surface area contributed by atoms with E-state index in [1.54, 1.807) is 12.1 Å². The van der Waals surface area contributed by atoms with Crippen LogP contribution < -0.4 is 11.1 Å². The number of hydrogen-bond acceptors (Lipinski definition) is 4. The van der Waals surface area contributed by atoms with Gasteiger partial charge in [-0.2, -0.15) is 0 Å². The number of nitro benzene ring substituents is 1. The van der Waals surface area contributed by atoms with E-state index in [1.807, 2.05) is 12.1 Å². The minimum Gasteiger partial charge on any atom is -0.393 e. The highest BCUT2D eigenvalue weighted by Crippen LogP contribution is 2.28. The molecule has 0 bridgehead atoms. The Balaban J connectivity index is 1.74. The average Bonchev–Trinajstić information content (AvgIpc) is 2.80. The fraction of sp³-hybridized carbons (Fsp3) is 0.200. The van der Waals surface area contributed by atoms with Crippen molar-refractivity contribution in [3.05, 3.63) is 63.7 Å². The molecule has 3 N–H and O–H groups in total. The van der Waals surface area contributed by atoms with Crippen LogP contribution in [-0.4, -0.2) is 11.0 Å². The summed E-state index contributed by atoms with van der Waals surface area (Å²) >= 11 is 0. The van der Waals surface area contributed by atoms with Gasteiger partial charge in [0.05, 0.1) is 4.92 Å². The molecule has 102 valence electrons. The van der Waals surface area contributed by atoms with Gasteiger partial charge in [0.15, 0.2) is 0 Å². The molecule has 0 radical (unpaired) electrons. The SMILES string of the molecule is Nc1cc(NC2Cc3ccccc3C2)ccc1[N+](=O)[O-]. The van der Waals surface area contributed by atoms with Crippen LogP contribution in [0, 0.1) is 10.1 Å². The molecule has 0 saturated heterocycles. The fourth-order valence-electron chi connectivity index (χ4n) is 2.71. The molecule has 2 aromatic carbocycles. The predicted molar refractivity (Wildman–Crippen MR) is 78.8 cm³/mol. The van der Waals surface area contributed by atoms with E-state index >= 15 is 0 Å². The van der Waals surface area contributed by atoms with Crippen molar-refractivity contribution in [3.8, 4) is 0 Å². The first-order chi connectivity index (χ1) is 9.63. The lowest BCUT2D eigenvalue weighted by atomic mass is 10.1. The molecule has 20 heavy (non-hydrogen) atoms. The van der Waals surface area contributed by atoms with Crippen LogP contribution in [0.3, 0.4) is 0 Å². The summed E-state index contributed by atoms with van der Waals surface area (Å²) in [5.74, 6) is 0. The van der Waals surface area contributed by atoms with Crippen LogP contribution in [0.4, 0.5) is 17.1 Å². The Labute approximate surface area is 116 Å². The third-order valence-corrected chi connectivity index (χ3v) is 3.65. The summed E-state index contributed by atoms with van der Waals surface area (Å²) in [7, 11) is 0.